The second-order valence-electron chi connectivity index (χ2n) is 5.65. The van der Waals surface area contributed by atoms with Crippen LogP contribution < -0.4 is 4.90 Å². The molecule has 3 rings (SSSR count). The molecule has 21 heavy (non-hydrogen) atoms. The van der Waals surface area contributed by atoms with E-state index in [0.29, 0.717) is 33.8 Å². The molecule has 0 aliphatic carbocycles. The van der Waals surface area contributed by atoms with E-state index in [-0.39, 0.29) is 11.9 Å². The SMILES string of the molecule is O=C(c1ccc(Cl)s1)N1CC[NH+]([C@H]2CCS(=O)(=O)C2)CC1. The molecule has 3 heterocycles. The minimum atomic E-state index is -2.83. The summed E-state index contributed by atoms with van der Waals surface area (Å²) in [5, 5.41) is 0. The summed E-state index contributed by atoms with van der Waals surface area (Å²) in [7, 11) is -2.83. The number of carbonyl (C=O) groups is 1. The van der Waals surface area contributed by atoms with Gasteiger partial charge in [-0.25, -0.2) is 8.42 Å². The second kappa shape index (κ2) is 5.87. The number of rotatable bonds is 2. The van der Waals surface area contributed by atoms with E-state index in [2.05, 4.69) is 0 Å². The van der Waals surface area contributed by atoms with Crippen LogP contribution in [0.1, 0.15) is 16.1 Å². The number of nitrogens with one attached hydrogen (secondary N) is 1. The molecule has 1 amide bonds. The van der Waals surface area contributed by atoms with Gasteiger partial charge in [-0.1, -0.05) is 11.6 Å². The van der Waals surface area contributed by atoms with Crippen molar-refractivity contribution in [2.75, 3.05) is 37.7 Å². The summed E-state index contributed by atoms with van der Waals surface area (Å²) in [5.74, 6) is 0.652. The first-order chi connectivity index (χ1) is 9.94. The molecule has 1 aromatic heterocycles. The van der Waals surface area contributed by atoms with E-state index in [1.165, 1.54) is 16.2 Å². The van der Waals surface area contributed by atoms with Gasteiger partial charge in [0.25, 0.3) is 5.91 Å². The number of nitrogens with zero attached hydrogens (tertiary/aromatic N) is 1. The third kappa shape index (κ3) is 3.41. The number of carbonyl (C=O) groups excluding carboxylic acids is 1. The zero-order valence-corrected chi connectivity index (χ0v) is 13.9. The molecule has 8 heteroatoms. The average Bonchev–Trinajstić information content (AvgIpc) is 3.04. The van der Waals surface area contributed by atoms with E-state index >= 15 is 0 Å². The summed E-state index contributed by atoms with van der Waals surface area (Å²) in [5.41, 5.74) is 0. The van der Waals surface area contributed by atoms with Crippen molar-refractivity contribution in [3.05, 3.63) is 21.3 Å². The van der Waals surface area contributed by atoms with Crippen LogP contribution in [0.3, 0.4) is 0 Å². The Morgan fingerprint density at radius 3 is 2.57 bits per heavy atom. The number of hydrogen-bond donors (Lipinski definition) is 1. The normalized spacial score (nSPS) is 26.1. The Morgan fingerprint density at radius 1 is 1.33 bits per heavy atom. The molecular weight excluding hydrogens is 332 g/mol. The van der Waals surface area contributed by atoms with Gasteiger partial charge in [0.1, 0.15) is 11.8 Å². The molecule has 0 unspecified atom stereocenters. The lowest BCUT2D eigenvalue weighted by Crippen LogP contribution is -3.18. The van der Waals surface area contributed by atoms with Crippen molar-refractivity contribution in [2.45, 2.75) is 12.5 Å². The van der Waals surface area contributed by atoms with Gasteiger partial charge in [0, 0.05) is 6.42 Å². The van der Waals surface area contributed by atoms with Gasteiger partial charge in [-0.3, -0.25) is 4.79 Å². The Bertz CT molecular complexity index is 636. The quantitative estimate of drug-likeness (QED) is 0.813. The molecule has 0 radical (unpaired) electrons. The molecular formula is C13H18ClN2O3S2+. The summed E-state index contributed by atoms with van der Waals surface area (Å²) >= 11 is 7.17. The Morgan fingerprint density at radius 2 is 2.05 bits per heavy atom. The number of sulfone groups is 1. The molecule has 2 fully saturated rings. The molecule has 2 saturated heterocycles. The van der Waals surface area contributed by atoms with Crippen LogP contribution in [0.5, 0.6) is 0 Å². The number of amides is 1. The predicted molar refractivity (Wildman–Crippen MR) is 83.0 cm³/mol. The summed E-state index contributed by atoms with van der Waals surface area (Å²) in [6.07, 6.45) is 0.756. The van der Waals surface area contributed by atoms with Gasteiger partial charge < -0.3 is 9.80 Å². The van der Waals surface area contributed by atoms with Crippen molar-refractivity contribution in [3.63, 3.8) is 0 Å². The van der Waals surface area contributed by atoms with Crippen LogP contribution in [0.4, 0.5) is 0 Å². The maximum absolute atomic E-state index is 12.3. The van der Waals surface area contributed by atoms with Gasteiger partial charge in [0.05, 0.1) is 41.1 Å². The van der Waals surface area contributed by atoms with Crippen molar-refractivity contribution in [1.82, 2.24) is 4.90 Å². The number of piperazine rings is 1. The van der Waals surface area contributed by atoms with Crippen molar-refractivity contribution in [1.29, 1.82) is 0 Å². The van der Waals surface area contributed by atoms with Gasteiger partial charge in [-0.15, -0.1) is 11.3 Å². The number of halogens is 1. The van der Waals surface area contributed by atoms with Crippen LogP contribution in [0.25, 0.3) is 0 Å². The van der Waals surface area contributed by atoms with E-state index in [1.807, 2.05) is 4.90 Å². The minimum absolute atomic E-state index is 0.0324. The molecule has 0 spiro atoms. The zero-order chi connectivity index (χ0) is 15.0. The van der Waals surface area contributed by atoms with Gasteiger partial charge in [-0.05, 0) is 12.1 Å². The van der Waals surface area contributed by atoms with Crippen LogP contribution in [-0.4, -0.2) is 63.0 Å². The molecule has 1 aromatic rings. The van der Waals surface area contributed by atoms with Gasteiger partial charge >= 0.3 is 0 Å². The third-order valence-electron chi connectivity index (χ3n) is 4.29. The first-order valence-corrected chi connectivity index (χ1v) is 10.1. The van der Waals surface area contributed by atoms with Crippen LogP contribution in [-0.2, 0) is 9.84 Å². The summed E-state index contributed by atoms with van der Waals surface area (Å²) in [4.78, 5) is 16.2. The maximum atomic E-state index is 12.3. The van der Waals surface area contributed by atoms with Gasteiger partial charge in [0.2, 0.25) is 0 Å². The monoisotopic (exact) mass is 349 g/mol. The Kier molecular flexibility index (Phi) is 4.27. The van der Waals surface area contributed by atoms with Crippen molar-refractivity contribution >= 4 is 38.7 Å². The number of hydrogen-bond acceptors (Lipinski definition) is 4. The highest BCUT2D eigenvalue weighted by atomic mass is 35.5. The summed E-state index contributed by atoms with van der Waals surface area (Å²) in [6.45, 7) is 3.01. The Hall–Kier alpha value is -0.630. The lowest BCUT2D eigenvalue weighted by molar-refractivity contribution is -0.925. The predicted octanol–water partition coefficient (Wildman–Crippen LogP) is -0.0707. The van der Waals surface area contributed by atoms with Crippen molar-refractivity contribution < 1.29 is 18.1 Å². The number of quaternary nitrogens is 1. The molecule has 0 aromatic carbocycles. The fraction of sp³-hybridized carbons (Fsp3) is 0.615. The molecule has 1 N–H and O–H groups in total. The van der Waals surface area contributed by atoms with E-state index in [4.69, 9.17) is 11.6 Å². The van der Waals surface area contributed by atoms with Crippen LogP contribution >= 0.6 is 22.9 Å². The highest BCUT2D eigenvalue weighted by Crippen LogP contribution is 2.22. The van der Waals surface area contributed by atoms with Gasteiger partial charge in [0.15, 0.2) is 9.84 Å². The topological polar surface area (TPSA) is 58.9 Å². The molecule has 2 aliphatic heterocycles. The van der Waals surface area contributed by atoms with E-state index < -0.39 is 9.84 Å². The second-order valence-corrected chi connectivity index (χ2v) is 9.60. The van der Waals surface area contributed by atoms with Crippen LogP contribution in [0, 0.1) is 0 Å². The fourth-order valence-corrected chi connectivity index (χ4v) is 5.94. The molecule has 5 nitrogen and oxygen atoms in total. The lowest BCUT2D eigenvalue weighted by Gasteiger charge is -2.34. The largest absolute Gasteiger partial charge is 0.329 e. The average molecular weight is 350 g/mol. The van der Waals surface area contributed by atoms with E-state index in [0.717, 1.165) is 19.5 Å². The van der Waals surface area contributed by atoms with E-state index in [1.54, 1.807) is 12.1 Å². The van der Waals surface area contributed by atoms with Crippen LogP contribution in [0.15, 0.2) is 12.1 Å². The highest BCUT2D eigenvalue weighted by molar-refractivity contribution is 7.91. The lowest BCUT2D eigenvalue weighted by atomic mass is 10.2. The first-order valence-electron chi connectivity index (χ1n) is 7.04. The highest BCUT2D eigenvalue weighted by Gasteiger charge is 2.37. The van der Waals surface area contributed by atoms with Gasteiger partial charge in [-0.2, -0.15) is 0 Å². The summed E-state index contributed by atoms with van der Waals surface area (Å²) in [6, 6.07) is 3.71. The maximum Gasteiger partial charge on any atom is 0.264 e. The Labute approximate surface area is 133 Å². The molecule has 116 valence electrons. The molecule has 0 bridgehead atoms. The summed E-state index contributed by atoms with van der Waals surface area (Å²) < 4.78 is 23.7. The Balaban J connectivity index is 1.57. The third-order valence-corrected chi connectivity index (χ3v) is 7.27. The number of thiophene rings is 1. The molecule has 2 aliphatic rings. The van der Waals surface area contributed by atoms with Crippen molar-refractivity contribution in [2.24, 2.45) is 0 Å². The van der Waals surface area contributed by atoms with Crippen LogP contribution in [0.2, 0.25) is 4.34 Å². The fourth-order valence-electron chi connectivity index (χ4n) is 3.11. The molecule has 0 saturated carbocycles. The van der Waals surface area contributed by atoms with E-state index in [9.17, 15) is 13.2 Å². The zero-order valence-electron chi connectivity index (χ0n) is 11.5. The molecule has 1 atom stereocenters. The minimum Gasteiger partial charge on any atom is -0.329 e. The smallest absolute Gasteiger partial charge is 0.264 e. The standard InChI is InChI=1S/C13H17ClN2O3S2/c14-12-2-1-11(20-12)13(17)16-6-4-15(5-7-16)10-3-8-21(18,19)9-10/h1-2,10H,3-9H2/p+1/t10-/m0/s1. The first kappa shape index (κ1) is 15.3. The van der Waals surface area contributed by atoms with Crippen molar-refractivity contribution in [3.8, 4) is 0 Å².